The van der Waals surface area contributed by atoms with Gasteiger partial charge < -0.3 is 19.5 Å². The van der Waals surface area contributed by atoms with Crippen molar-refractivity contribution in [3.63, 3.8) is 0 Å². The number of halogens is 2. The van der Waals surface area contributed by atoms with Gasteiger partial charge in [-0.1, -0.05) is 5.92 Å². The van der Waals surface area contributed by atoms with E-state index in [4.69, 9.17) is 36.5 Å². The molecule has 1 unspecified atom stereocenters. The Morgan fingerprint density at radius 2 is 2.31 bits per heavy atom. The quantitative estimate of drug-likeness (QED) is 0.332. The molecule has 0 bridgehead atoms. The van der Waals surface area contributed by atoms with Gasteiger partial charge in [-0.2, -0.15) is 0 Å². The smallest absolute Gasteiger partial charge is 0.404 e. The SMILES string of the molecule is [2H]C([2H])(OP1(=O)OCc2cc(F)ccc2O1)[C@@]1(F)O[C@@]([2H])(n2cc(C#C)c(=O)[nH]c2=S)[C@H](O)[C@@H]1O. The van der Waals surface area contributed by atoms with Crippen LogP contribution in [0.15, 0.2) is 29.2 Å². The molecule has 5 atom stereocenters. The van der Waals surface area contributed by atoms with E-state index in [1.165, 1.54) is 0 Å². The average molecular weight is 491 g/mol. The van der Waals surface area contributed by atoms with E-state index < -0.39 is 67.0 Å². The number of phosphoric ester groups is 1. The van der Waals surface area contributed by atoms with E-state index >= 15 is 4.39 Å². The molecule has 0 radical (unpaired) electrons. The summed E-state index contributed by atoms with van der Waals surface area (Å²) in [6.45, 7) is -4.45. The molecular formula is C18H15F2N2O8PS. The van der Waals surface area contributed by atoms with Crippen LogP contribution in [0.25, 0.3) is 0 Å². The summed E-state index contributed by atoms with van der Waals surface area (Å²) in [6, 6.07) is 3.01. The summed E-state index contributed by atoms with van der Waals surface area (Å²) < 4.78 is 85.8. The van der Waals surface area contributed by atoms with Gasteiger partial charge in [0.2, 0.25) is 0 Å². The van der Waals surface area contributed by atoms with Gasteiger partial charge in [-0.25, -0.2) is 13.3 Å². The standard InChI is InChI=1S/C18H15F2N2O8PS/c1-2-9-6-22(17(32)21-15(9)25)16-13(23)14(24)18(20,29-16)8-28-31(26)27-7-10-5-11(19)3-4-12(10)30-31/h1,3-6,13-14,16,23-24H,7-8H2,(H,21,25,32)/t13-,14+,16-,18-,31?/m1/s1/i8D2,16D. The number of terminal acetylenes is 1. The van der Waals surface area contributed by atoms with Crippen LogP contribution < -0.4 is 10.1 Å². The molecule has 1 aromatic heterocycles. The highest BCUT2D eigenvalue weighted by atomic mass is 32.1. The highest BCUT2D eigenvalue weighted by Crippen LogP contribution is 2.55. The summed E-state index contributed by atoms with van der Waals surface area (Å²) in [5, 5.41) is 20.8. The first-order valence-corrected chi connectivity index (χ1v) is 10.5. The first kappa shape index (κ1) is 19.1. The van der Waals surface area contributed by atoms with Crippen molar-refractivity contribution in [1.82, 2.24) is 9.55 Å². The number of hydrogen-bond donors (Lipinski definition) is 3. The van der Waals surface area contributed by atoms with Crippen molar-refractivity contribution in [2.24, 2.45) is 0 Å². The average Bonchev–Trinajstić information content (AvgIpc) is 2.95. The second-order valence-electron chi connectivity index (χ2n) is 6.55. The van der Waals surface area contributed by atoms with Crippen LogP contribution >= 0.6 is 20.0 Å². The predicted molar refractivity (Wildman–Crippen MR) is 105 cm³/mol. The number of ether oxygens (including phenoxy) is 1. The summed E-state index contributed by atoms with van der Waals surface area (Å²) in [7, 11) is -4.94. The van der Waals surface area contributed by atoms with Crippen molar-refractivity contribution >= 4 is 20.0 Å². The third-order valence-corrected chi connectivity index (χ3v) is 5.91. The molecule has 14 heteroatoms. The lowest BCUT2D eigenvalue weighted by atomic mass is 10.1. The topological polar surface area (TPSA) is 132 Å². The number of rotatable bonds is 4. The largest absolute Gasteiger partial charge is 0.530 e. The molecule has 1 aromatic carbocycles. The van der Waals surface area contributed by atoms with Crippen LogP contribution in [0.2, 0.25) is 0 Å². The van der Waals surface area contributed by atoms with Gasteiger partial charge >= 0.3 is 7.82 Å². The minimum absolute atomic E-state index is 0.102. The molecular weight excluding hydrogens is 473 g/mol. The van der Waals surface area contributed by atoms with E-state index in [0.717, 1.165) is 24.4 Å². The third kappa shape index (κ3) is 4.02. The molecule has 3 N–H and O–H groups in total. The van der Waals surface area contributed by atoms with Crippen LogP contribution in [0.1, 0.15) is 21.4 Å². The van der Waals surface area contributed by atoms with E-state index in [0.29, 0.717) is 4.57 Å². The number of nitrogens with zero attached hydrogens (tertiary/aromatic N) is 1. The molecule has 2 aromatic rings. The van der Waals surface area contributed by atoms with E-state index in [2.05, 4.69) is 9.51 Å². The van der Waals surface area contributed by atoms with Crippen molar-refractivity contribution in [2.45, 2.75) is 30.9 Å². The zero-order chi connectivity index (χ0) is 26.0. The zero-order valence-electron chi connectivity index (χ0n) is 18.7. The van der Waals surface area contributed by atoms with Crippen LogP contribution in [-0.4, -0.2) is 44.4 Å². The number of H-pyrrole nitrogens is 1. The maximum absolute atomic E-state index is 15.9. The summed E-state index contributed by atoms with van der Waals surface area (Å²) in [5.74, 6) is -2.96. The first-order chi connectivity index (χ1) is 16.2. The van der Waals surface area contributed by atoms with Gasteiger partial charge in [0, 0.05) is 11.8 Å². The minimum Gasteiger partial charge on any atom is -0.404 e. The summed E-state index contributed by atoms with van der Waals surface area (Å²) in [5.41, 5.74) is -1.15. The molecule has 0 spiro atoms. The fourth-order valence-corrected chi connectivity index (χ4v) is 4.16. The van der Waals surface area contributed by atoms with Gasteiger partial charge in [-0.05, 0) is 30.4 Å². The van der Waals surface area contributed by atoms with Crippen LogP contribution in [0, 0.1) is 22.9 Å². The summed E-state index contributed by atoms with van der Waals surface area (Å²) in [6.07, 6.45) is -2.48. The zero-order valence-corrected chi connectivity index (χ0v) is 17.4. The third-order valence-electron chi connectivity index (χ3n) is 4.43. The van der Waals surface area contributed by atoms with Crippen molar-refractivity contribution in [1.29, 1.82) is 0 Å². The molecule has 0 aliphatic carbocycles. The number of benzene rings is 1. The van der Waals surface area contributed by atoms with Gasteiger partial charge in [0.15, 0.2) is 11.0 Å². The lowest BCUT2D eigenvalue weighted by Gasteiger charge is -2.28. The summed E-state index contributed by atoms with van der Waals surface area (Å²) in [4.78, 5) is 13.9. The fourth-order valence-electron chi connectivity index (χ4n) is 2.83. The Labute approximate surface area is 188 Å². The van der Waals surface area contributed by atoms with Crippen LogP contribution in [0.4, 0.5) is 8.78 Å². The van der Waals surface area contributed by atoms with Crippen LogP contribution in [0.5, 0.6) is 5.75 Å². The highest BCUT2D eigenvalue weighted by Gasteiger charge is 2.57. The Morgan fingerprint density at radius 1 is 1.56 bits per heavy atom. The van der Waals surface area contributed by atoms with Gasteiger partial charge in [0.25, 0.3) is 11.4 Å². The molecule has 32 heavy (non-hydrogen) atoms. The molecule has 1 saturated heterocycles. The maximum Gasteiger partial charge on any atom is 0.530 e. The predicted octanol–water partition coefficient (Wildman–Crippen LogP) is 1.68. The molecule has 0 amide bonds. The molecule has 2 aliphatic heterocycles. The number of aliphatic hydroxyl groups excluding tert-OH is 2. The van der Waals surface area contributed by atoms with E-state index in [9.17, 15) is 24.0 Å². The van der Waals surface area contributed by atoms with Crippen molar-refractivity contribution in [3.8, 4) is 18.1 Å². The summed E-state index contributed by atoms with van der Waals surface area (Å²) >= 11 is 4.90. The Morgan fingerprint density at radius 3 is 3.03 bits per heavy atom. The molecule has 170 valence electrons. The number of nitrogens with one attached hydrogen (secondary N) is 1. The Kier molecular flexibility index (Phi) is 4.87. The van der Waals surface area contributed by atoms with E-state index in [1.54, 1.807) is 0 Å². The molecule has 1 fully saturated rings. The first-order valence-electron chi connectivity index (χ1n) is 10.2. The van der Waals surface area contributed by atoms with Crippen molar-refractivity contribution in [2.75, 3.05) is 6.56 Å². The number of fused-ring (bicyclic) bond motifs is 1. The van der Waals surface area contributed by atoms with Gasteiger partial charge in [-0.15, -0.1) is 6.42 Å². The number of hydrogen-bond acceptors (Lipinski definition) is 9. The fraction of sp³-hybridized carbons (Fsp3) is 0.333. The van der Waals surface area contributed by atoms with Crippen LogP contribution in [0.3, 0.4) is 0 Å². The van der Waals surface area contributed by atoms with Crippen LogP contribution in [-0.2, 0) is 25.0 Å². The monoisotopic (exact) mass is 491 g/mol. The lowest BCUT2D eigenvalue weighted by molar-refractivity contribution is -0.205. The second kappa shape index (κ2) is 8.17. The number of aromatic amines is 1. The number of aromatic nitrogens is 2. The second-order valence-corrected chi connectivity index (χ2v) is 8.45. The molecule has 2 aliphatic rings. The van der Waals surface area contributed by atoms with Gasteiger partial charge in [-0.3, -0.25) is 23.4 Å². The Hall–Kier alpha value is -2.43. The number of alkyl halides is 1. The highest BCUT2D eigenvalue weighted by molar-refractivity contribution is 7.71. The van der Waals surface area contributed by atoms with E-state index in [-0.39, 0.29) is 11.3 Å². The van der Waals surface area contributed by atoms with Gasteiger partial charge in [0.1, 0.15) is 35.9 Å². The maximum atomic E-state index is 15.9. The van der Waals surface area contributed by atoms with Crippen molar-refractivity contribution < 1.29 is 46.0 Å². The van der Waals surface area contributed by atoms with E-state index in [1.807, 2.05) is 5.92 Å². The minimum atomic E-state index is -4.94. The Bertz CT molecular complexity index is 1420. The van der Waals surface area contributed by atoms with Gasteiger partial charge in [0.05, 0.1) is 10.7 Å². The molecule has 4 rings (SSSR count). The Balaban J connectivity index is 1.69. The molecule has 0 saturated carbocycles. The number of aliphatic hydroxyl groups is 2. The lowest BCUT2D eigenvalue weighted by Crippen LogP contribution is -2.43. The normalized spacial score (nSPS) is 35.7. The molecule has 3 heterocycles. The number of phosphoric acid groups is 1. The molecule has 10 nitrogen and oxygen atoms in total. The van der Waals surface area contributed by atoms with Crippen molar-refractivity contribution in [3.05, 3.63) is 56.5 Å².